The second kappa shape index (κ2) is 4.37. The minimum atomic E-state index is 0.143. The smallest absolute Gasteiger partial charge is 0.0914 e. The van der Waals surface area contributed by atoms with Gasteiger partial charge in [0.25, 0.3) is 0 Å². The van der Waals surface area contributed by atoms with Crippen molar-refractivity contribution in [2.24, 2.45) is 11.0 Å². The van der Waals surface area contributed by atoms with E-state index >= 15 is 0 Å². The third-order valence-corrected chi connectivity index (χ3v) is 5.44. The van der Waals surface area contributed by atoms with Crippen LogP contribution in [0, 0.1) is 5.92 Å². The Bertz CT molecular complexity index is 550. The number of nitrogens with zero attached hydrogens (tertiary/aromatic N) is 2. The second-order valence-corrected chi connectivity index (χ2v) is 6.33. The molecule has 0 aliphatic carbocycles. The van der Waals surface area contributed by atoms with E-state index in [0.29, 0.717) is 22.0 Å². The van der Waals surface area contributed by atoms with E-state index in [2.05, 4.69) is 15.4 Å². The molecule has 1 aromatic carbocycles. The zero-order valence-electron chi connectivity index (χ0n) is 10.4. The molecular weight excluding hydrogens is 281 g/mol. The van der Waals surface area contributed by atoms with Gasteiger partial charge in [-0.05, 0) is 37.6 Å². The van der Waals surface area contributed by atoms with Gasteiger partial charge in [0.2, 0.25) is 0 Å². The highest BCUT2D eigenvalue weighted by atomic mass is 35.5. The lowest BCUT2D eigenvalue weighted by atomic mass is 9.78. The molecule has 4 aliphatic heterocycles. The lowest BCUT2D eigenvalue weighted by Gasteiger charge is -2.45. The lowest BCUT2D eigenvalue weighted by Crippen LogP contribution is -2.56. The Kier molecular flexibility index (Phi) is 2.76. The van der Waals surface area contributed by atoms with Crippen molar-refractivity contribution >= 4 is 28.9 Å². The summed E-state index contributed by atoms with van der Waals surface area (Å²) in [5.74, 6) is 0.658. The van der Waals surface area contributed by atoms with Crippen LogP contribution >= 0.6 is 23.2 Å². The molecule has 5 rings (SSSR count). The Morgan fingerprint density at radius 3 is 2.79 bits per heavy atom. The van der Waals surface area contributed by atoms with E-state index in [1.54, 1.807) is 0 Å². The van der Waals surface area contributed by atoms with Gasteiger partial charge in [-0.15, -0.1) is 0 Å². The highest BCUT2D eigenvalue weighted by molar-refractivity contribution is 6.42. The second-order valence-electron chi connectivity index (χ2n) is 5.54. The molecule has 0 saturated carbocycles. The molecule has 4 heterocycles. The molecule has 0 aromatic heterocycles. The number of rotatable bonds is 1. The average Bonchev–Trinajstić information content (AvgIpc) is 2.90. The largest absolute Gasteiger partial charge is 0.301 e. The highest BCUT2D eigenvalue weighted by Crippen LogP contribution is 2.41. The zero-order valence-corrected chi connectivity index (χ0v) is 12.0. The molecule has 2 atom stereocenters. The number of hydrogen-bond donors (Lipinski definition) is 1. The SMILES string of the molecule is Clc1cccc(C2NN=C3C4CCN(CC4)C32)c1Cl. The van der Waals surface area contributed by atoms with Gasteiger partial charge < -0.3 is 5.43 Å². The van der Waals surface area contributed by atoms with Gasteiger partial charge >= 0.3 is 0 Å². The van der Waals surface area contributed by atoms with Crippen LogP contribution in [0.4, 0.5) is 0 Å². The monoisotopic (exact) mass is 295 g/mol. The van der Waals surface area contributed by atoms with Crippen molar-refractivity contribution in [3.05, 3.63) is 33.8 Å². The van der Waals surface area contributed by atoms with Gasteiger partial charge in [-0.2, -0.15) is 5.10 Å². The van der Waals surface area contributed by atoms with E-state index in [4.69, 9.17) is 23.2 Å². The fraction of sp³-hybridized carbons (Fsp3) is 0.500. The van der Waals surface area contributed by atoms with Crippen molar-refractivity contribution in [1.82, 2.24) is 10.3 Å². The maximum absolute atomic E-state index is 6.37. The molecule has 5 heteroatoms. The standard InChI is InChI=1S/C14H15Cl2N3/c15-10-3-1-2-9(11(10)16)13-14-12(17-18-13)8-4-6-19(14)7-5-8/h1-3,8,13-14,18H,4-7H2. The molecular formula is C14H15Cl2N3. The predicted octanol–water partition coefficient (Wildman–Crippen LogP) is 3.09. The number of benzene rings is 1. The molecule has 4 aliphatic rings. The third-order valence-electron chi connectivity index (χ3n) is 4.61. The van der Waals surface area contributed by atoms with Gasteiger partial charge in [0.1, 0.15) is 0 Å². The minimum Gasteiger partial charge on any atom is -0.301 e. The minimum absolute atomic E-state index is 0.143. The maximum Gasteiger partial charge on any atom is 0.0914 e. The van der Waals surface area contributed by atoms with Crippen LogP contribution in [-0.4, -0.2) is 29.7 Å². The Labute approximate surface area is 122 Å². The van der Waals surface area contributed by atoms with Crippen molar-refractivity contribution in [2.45, 2.75) is 24.9 Å². The molecule has 2 unspecified atom stereocenters. The van der Waals surface area contributed by atoms with Crippen molar-refractivity contribution in [3.63, 3.8) is 0 Å². The molecule has 1 N–H and O–H groups in total. The molecule has 100 valence electrons. The van der Waals surface area contributed by atoms with Crippen LogP contribution < -0.4 is 5.43 Å². The molecule has 3 nitrogen and oxygen atoms in total. The molecule has 1 aromatic rings. The Balaban J connectivity index is 1.73. The van der Waals surface area contributed by atoms with E-state index in [9.17, 15) is 0 Å². The fourth-order valence-corrected chi connectivity index (χ4v) is 4.08. The van der Waals surface area contributed by atoms with Gasteiger partial charge in [0.05, 0.1) is 27.8 Å². The van der Waals surface area contributed by atoms with Crippen molar-refractivity contribution in [2.75, 3.05) is 13.1 Å². The molecule has 2 bridgehead atoms. The van der Waals surface area contributed by atoms with Crippen LogP contribution in [-0.2, 0) is 0 Å². The Morgan fingerprint density at radius 1 is 1.21 bits per heavy atom. The third kappa shape index (κ3) is 1.72. The Morgan fingerprint density at radius 2 is 2.00 bits per heavy atom. The lowest BCUT2D eigenvalue weighted by molar-refractivity contribution is 0.133. The molecule has 0 radical (unpaired) electrons. The molecule has 19 heavy (non-hydrogen) atoms. The van der Waals surface area contributed by atoms with Crippen LogP contribution in [0.5, 0.6) is 0 Å². The number of halogens is 2. The summed E-state index contributed by atoms with van der Waals surface area (Å²) in [5, 5.41) is 5.86. The van der Waals surface area contributed by atoms with Crippen LogP contribution in [0.25, 0.3) is 0 Å². The quantitative estimate of drug-likeness (QED) is 0.862. The molecule has 3 fully saturated rings. The van der Waals surface area contributed by atoms with Crippen molar-refractivity contribution in [1.29, 1.82) is 0 Å². The summed E-state index contributed by atoms with van der Waals surface area (Å²) in [4.78, 5) is 2.53. The first-order chi connectivity index (χ1) is 9.25. The van der Waals surface area contributed by atoms with Crippen LogP contribution in [0.3, 0.4) is 0 Å². The van der Waals surface area contributed by atoms with E-state index in [0.717, 1.165) is 5.56 Å². The summed E-state index contributed by atoms with van der Waals surface area (Å²) in [6, 6.07) is 6.35. The average molecular weight is 296 g/mol. The van der Waals surface area contributed by atoms with Gasteiger partial charge in [0, 0.05) is 5.92 Å². The summed E-state index contributed by atoms with van der Waals surface area (Å²) in [6.45, 7) is 2.34. The van der Waals surface area contributed by atoms with E-state index < -0.39 is 0 Å². The van der Waals surface area contributed by atoms with Crippen molar-refractivity contribution < 1.29 is 0 Å². The Hall–Kier alpha value is -0.770. The molecule has 0 amide bonds. The molecule has 0 spiro atoms. The van der Waals surface area contributed by atoms with Crippen LogP contribution in [0.2, 0.25) is 10.0 Å². The van der Waals surface area contributed by atoms with Gasteiger partial charge in [-0.25, -0.2) is 0 Å². The summed E-state index contributed by atoms with van der Waals surface area (Å²) in [5.41, 5.74) is 5.67. The number of hydrogen-bond acceptors (Lipinski definition) is 3. The summed E-state index contributed by atoms with van der Waals surface area (Å²) >= 11 is 12.5. The van der Waals surface area contributed by atoms with Crippen LogP contribution in [0.15, 0.2) is 23.3 Å². The van der Waals surface area contributed by atoms with Crippen LogP contribution in [0.1, 0.15) is 24.4 Å². The maximum atomic E-state index is 6.37. The van der Waals surface area contributed by atoms with Gasteiger partial charge in [0.15, 0.2) is 0 Å². The summed E-state index contributed by atoms with van der Waals surface area (Å²) in [6.07, 6.45) is 2.49. The number of piperidine rings is 3. The van der Waals surface area contributed by atoms with E-state index in [-0.39, 0.29) is 6.04 Å². The normalized spacial score (nSPS) is 35.8. The topological polar surface area (TPSA) is 27.6 Å². The fourth-order valence-electron chi connectivity index (χ4n) is 3.66. The van der Waals surface area contributed by atoms with Gasteiger partial charge in [-0.1, -0.05) is 35.3 Å². The summed E-state index contributed by atoms with van der Waals surface area (Å²) in [7, 11) is 0. The first-order valence-corrected chi connectivity index (χ1v) is 7.52. The predicted molar refractivity (Wildman–Crippen MR) is 77.9 cm³/mol. The number of fused-ring (bicyclic) bond motifs is 2. The number of hydrazone groups is 1. The van der Waals surface area contributed by atoms with Crippen molar-refractivity contribution in [3.8, 4) is 0 Å². The van der Waals surface area contributed by atoms with E-state index in [1.807, 2.05) is 18.2 Å². The highest BCUT2D eigenvalue weighted by Gasteiger charge is 2.47. The first kappa shape index (κ1) is 12.0. The molecule has 3 saturated heterocycles. The van der Waals surface area contributed by atoms with Gasteiger partial charge in [-0.3, -0.25) is 4.90 Å². The summed E-state index contributed by atoms with van der Waals surface area (Å²) < 4.78 is 0. The first-order valence-electron chi connectivity index (χ1n) is 6.76. The van der Waals surface area contributed by atoms with E-state index in [1.165, 1.54) is 31.6 Å². The number of nitrogens with one attached hydrogen (secondary N) is 1. The zero-order chi connectivity index (χ0) is 13.0.